The van der Waals surface area contributed by atoms with Gasteiger partial charge in [-0.15, -0.1) is 0 Å². The highest BCUT2D eigenvalue weighted by atomic mass is 16.4. The Balaban J connectivity index is 0.000000360. The summed E-state index contributed by atoms with van der Waals surface area (Å²) in [6.07, 6.45) is 2.73. The maximum absolute atomic E-state index is 9.85. The lowest BCUT2D eigenvalue weighted by Gasteiger charge is -1.51. The van der Waals surface area contributed by atoms with Crippen LogP contribution in [0, 0.1) is 0 Å². The van der Waals surface area contributed by atoms with E-state index < -0.39 is 5.76 Å². The molecule has 0 atom stereocenters. The molecule has 0 saturated carbocycles. The number of hydrogen-bond acceptors (Lipinski definition) is 2. The summed E-state index contributed by atoms with van der Waals surface area (Å²) in [5, 5.41) is 0. The molecule has 0 aromatic carbocycles. The number of oxazole rings is 1. The van der Waals surface area contributed by atoms with Gasteiger partial charge in [0.1, 0.15) is 6.26 Å². The Hall–Kier alpha value is -1.03. The van der Waals surface area contributed by atoms with Crippen LogP contribution in [0.25, 0.3) is 0 Å². The zero-order valence-corrected chi connectivity index (χ0v) is 3.47. The van der Waals surface area contributed by atoms with Gasteiger partial charge in [0.15, 0.2) is 0 Å². The Labute approximate surface area is 39.1 Å². The molecule has 0 amide bonds. The van der Waals surface area contributed by atoms with Crippen molar-refractivity contribution in [2.45, 2.75) is 0 Å². The molecule has 0 aliphatic carbocycles. The molecule has 0 saturated heterocycles. The lowest BCUT2D eigenvalue weighted by atomic mass is 11.0. The topological polar surface area (TPSA) is 77.5 Å². The molecule has 0 aliphatic rings. The summed E-state index contributed by atoms with van der Waals surface area (Å²) in [5.74, 6) is -0.407. The van der Waals surface area contributed by atoms with Crippen molar-refractivity contribution in [2.75, 3.05) is 0 Å². The second-order valence-electron chi connectivity index (χ2n) is 0.852. The van der Waals surface area contributed by atoms with Crippen molar-refractivity contribution in [3.63, 3.8) is 0 Å². The first-order valence-electron chi connectivity index (χ1n) is 1.52. The fourth-order valence-corrected chi connectivity index (χ4v) is 0.232. The minimum atomic E-state index is -0.407. The Kier molecular flexibility index (Phi) is 1.87. The monoisotopic (exact) mass is 103 g/mol. The van der Waals surface area contributed by atoms with Crippen LogP contribution in [0.1, 0.15) is 0 Å². The quantitative estimate of drug-likeness (QED) is 0.464. The zero-order chi connectivity index (χ0) is 4.41. The van der Waals surface area contributed by atoms with Gasteiger partial charge in [0.2, 0.25) is 0 Å². The van der Waals surface area contributed by atoms with E-state index in [1.54, 1.807) is 0 Å². The van der Waals surface area contributed by atoms with Crippen LogP contribution in [0.15, 0.2) is 21.7 Å². The molecule has 1 heterocycles. The Morgan fingerprint density at radius 3 is 2.57 bits per heavy atom. The molecule has 0 fully saturated rings. The van der Waals surface area contributed by atoms with Gasteiger partial charge in [-0.3, -0.25) is 4.98 Å². The van der Waals surface area contributed by atoms with Gasteiger partial charge in [0.05, 0.1) is 0 Å². The summed E-state index contributed by atoms with van der Waals surface area (Å²) in [5.41, 5.74) is 0. The van der Waals surface area contributed by atoms with E-state index in [4.69, 9.17) is 0 Å². The predicted octanol–water partition coefficient (Wildman–Crippen LogP) is -0.857. The van der Waals surface area contributed by atoms with E-state index in [2.05, 4.69) is 9.40 Å². The molecule has 4 nitrogen and oxygen atoms in total. The molecule has 40 valence electrons. The third kappa shape index (κ3) is 1.23. The van der Waals surface area contributed by atoms with Gasteiger partial charge in [-0.2, -0.15) is 0 Å². The highest BCUT2D eigenvalue weighted by molar-refractivity contribution is 4.58. The van der Waals surface area contributed by atoms with Crippen molar-refractivity contribution < 1.29 is 9.89 Å². The van der Waals surface area contributed by atoms with E-state index in [1.165, 1.54) is 12.5 Å². The fraction of sp³-hybridized carbons (Fsp3) is 0. The van der Waals surface area contributed by atoms with Crippen LogP contribution in [0.3, 0.4) is 0 Å². The second-order valence-corrected chi connectivity index (χ2v) is 0.852. The lowest BCUT2D eigenvalue weighted by Crippen LogP contribution is -1.91. The number of aromatic amines is 1. The second kappa shape index (κ2) is 2.20. The van der Waals surface area contributed by atoms with Crippen molar-refractivity contribution >= 4 is 0 Å². The smallest absolute Gasteiger partial charge is 0.416 e. The van der Waals surface area contributed by atoms with Crippen LogP contribution in [0.2, 0.25) is 0 Å². The van der Waals surface area contributed by atoms with Crippen LogP contribution < -0.4 is 5.76 Å². The van der Waals surface area contributed by atoms with Gasteiger partial charge in [-0.25, -0.2) is 4.79 Å². The van der Waals surface area contributed by atoms with Gasteiger partial charge < -0.3 is 9.89 Å². The van der Waals surface area contributed by atoms with Gasteiger partial charge in [0.25, 0.3) is 0 Å². The molecule has 0 spiro atoms. The lowest BCUT2D eigenvalue weighted by molar-refractivity contribution is 0.515. The van der Waals surface area contributed by atoms with Crippen LogP contribution in [-0.2, 0) is 0 Å². The molecule has 1 aromatic heterocycles. The van der Waals surface area contributed by atoms with Gasteiger partial charge in [0, 0.05) is 6.20 Å². The highest BCUT2D eigenvalue weighted by Gasteiger charge is 1.72. The normalized spacial score (nSPS) is 7.43. The Bertz CT molecular complexity index is 148. The predicted molar refractivity (Wildman–Crippen MR) is 22.9 cm³/mol. The number of aromatic nitrogens is 1. The largest absolute Gasteiger partial charge is 0.417 e. The van der Waals surface area contributed by atoms with Gasteiger partial charge in [-0.1, -0.05) is 0 Å². The van der Waals surface area contributed by atoms with E-state index >= 15 is 0 Å². The summed E-state index contributed by atoms with van der Waals surface area (Å²) in [6.45, 7) is 0. The van der Waals surface area contributed by atoms with E-state index in [0.29, 0.717) is 0 Å². The maximum atomic E-state index is 9.85. The number of hydrogen-bond donors (Lipinski definition) is 1. The molecule has 1 rings (SSSR count). The molecule has 1 aromatic rings. The third-order valence-corrected chi connectivity index (χ3v) is 0.444. The molecule has 3 N–H and O–H groups in total. The van der Waals surface area contributed by atoms with E-state index in [-0.39, 0.29) is 5.48 Å². The SMILES string of the molecule is O.O=c1[nH]cco1. The van der Waals surface area contributed by atoms with Crippen LogP contribution in [0.5, 0.6) is 0 Å². The Morgan fingerprint density at radius 2 is 2.43 bits per heavy atom. The van der Waals surface area contributed by atoms with E-state index in [1.807, 2.05) is 0 Å². The van der Waals surface area contributed by atoms with Crippen molar-refractivity contribution in [2.24, 2.45) is 0 Å². The first-order valence-corrected chi connectivity index (χ1v) is 1.52. The minimum absolute atomic E-state index is 0. The number of rotatable bonds is 0. The van der Waals surface area contributed by atoms with Crippen molar-refractivity contribution in [1.29, 1.82) is 0 Å². The summed E-state index contributed by atoms with van der Waals surface area (Å²) >= 11 is 0. The number of H-pyrrole nitrogens is 1. The average Bonchev–Trinajstić information content (AvgIpc) is 1.86. The van der Waals surface area contributed by atoms with Crippen LogP contribution in [-0.4, -0.2) is 10.5 Å². The fourth-order valence-electron chi connectivity index (χ4n) is 0.232. The third-order valence-electron chi connectivity index (χ3n) is 0.444. The van der Waals surface area contributed by atoms with E-state index in [0.717, 1.165) is 0 Å². The van der Waals surface area contributed by atoms with Crippen LogP contribution >= 0.6 is 0 Å². The molecule has 0 aliphatic heterocycles. The molecular formula is C3H5NO3. The van der Waals surface area contributed by atoms with Gasteiger partial charge in [-0.05, 0) is 0 Å². The molecule has 0 bridgehead atoms. The standard InChI is InChI=1S/C3H3NO2.H2O/c5-3-4-1-2-6-3;/h1-2H,(H,4,5);1H2. The maximum Gasteiger partial charge on any atom is 0.416 e. The van der Waals surface area contributed by atoms with Crippen molar-refractivity contribution in [1.82, 2.24) is 4.98 Å². The summed E-state index contributed by atoms with van der Waals surface area (Å²) in [7, 11) is 0. The first-order chi connectivity index (χ1) is 2.89. The zero-order valence-electron chi connectivity index (χ0n) is 3.47. The summed E-state index contributed by atoms with van der Waals surface area (Å²) in [6, 6.07) is 0. The highest BCUT2D eigenvalue weighted by Crippen LogP contribution is 1.62. The summed E-state index contributed by atoms with van der Waals surface area (Å²) < 4.78 is 4.22. The summed E-state index contributed by atoms with van der Waals surface area (Å²) in [4.78, 5) is 12.1. The molecule has 0 radical (unpaired) electrons. The average molecular weight is 103 g/mol. The van der Waals surface area contributed by atoms with Crippen LogP contribution in [0.4, 0.5) is 0 Å². The minimum Gasteiger partial charge on any atom is -0.417 e. The van der Waals surface area contributed by atoms with Gasteiger partial charge >= 0.3 is 5.76 Å². The number of nitrogens with one attached hydrogen (secondary N) is 1. The van der Waals surface area contributed by atoms with Crippen molar-refractivity contribution in [3.8, 4) is 0 Å². The Morgan fingerprint density at radius 1 is 1.71 bits per heavy atom. The first kappa shape index (κ1) is 5.97. The van der Waals surface area contributed by atoms with Crippen molar-refractivity contribution in [3.05, 3.63) is 23.0 Å². The molecular weight excluding hydrogens is 98.0 g/mol. The molecule has 4 heteroatoms. The van der Waals surface area contributed by atoms with E-state index in [9.17, 15) is 4.79 Å². The molecule has 7 heavy (non-hydrogen) atoms. The molecule has 0 unspecified atom stereocenters.